The van der Waals surface area contributed by atoms with Crippen LogP contribution in [-0.2, 0) is 4.74 Å². The second kappa shape index (κ2) is 7.85. The Hall–Kier alpha value is -2.77. The number of hydrogen-bond acceptors (Lipinski definition) is 4. The normalized spacial score (nSPS) is 19.3. The average molecular weight is 379 g/mol. The van der Waals surface area contributed by atoms with Crippen LogP contribution < -0.4 is 5.32 Å². The molecule has 0 spiro atoms. The van der Waals surface area contributed by atoms with Crippen molar-refractivity contribution in [1.29, 1.82) is 0 Å². The second-order valence-electron chi connectivity index (χ2n) is 6.30. The van der Waals surface area contributed by atoms with Crippen molar-refractivity contribution in [3.63, 3.8) is 0 Å². The number of methoxy groups -OCH3 is 1. The van der Waals surface area contributed by atoms with Crippen LogP contribution in [0.5, 0.6) is 0 Å². The summed E-state index contributed by atoms with van der Waals surface area (Å²) in [6, 6.07) is 15.9. The Balaban J connectivity index is 1.78. The Morgan fingerprint density at radius 1 is 1.07 bits per heavy atom. The molecule has 1 fully saturated rings. The molecule has 7 heteroatoms. The Morgan fingerprint density at radius 2 is 1.89 bits per heavy atom. The van der Waals surface area contributed by atoms with Gasteiger partial charge in [0, 0.05) is 37.9 Å². The fourth-order valence-corrected chi connectivity index (χ4v) is 3.83. The number of nitrogens with one attached hydrogen (secondary N) is 1. The molecular formula is C20H21N5OS. The van der Waals surface area contributed by atoms with E-state index < -0.39 is 0 Å². The number of aromatic nitrogens is 3. The lowest BCUT2D eigenvalue weighted by Gasteiger charge is -2.28. The number of hydrogen-bond donors (Lipinski definition) is 1. The molecule has 2 atom stereocenters. The third-order valence-corrected chi connectivity index (χ3v) is 5.07. The maximum atomic E-state index is 5.65. The number of ether oxygens (including phenoxy) is 1. The van der Waals surface area contributed by atoms with Crippen molar-refractivity contribution in [2.24, 2.45) is 0 Å². The standard InChI is InChI=1S/C20H21N5OS/c1-26-14-13-25-19(18(23-20(25)27)15-7-2-4-10-21-15)16-8-6-12-24(16)17-9-3-5-11-22-17/h2-12,18-19H,13-14H2,1H3,(H,23,27). The van der Waals surface area contributed by atoms with Crippen LogP contribution in [0.1, 0.15) is 23.5 Å². The van der Waals surface area contributed by atoms with E-state index in [9.17, 15) is 0 Å². The van der Waals surface area contributed by atoms with E-state index in [1.54, 1.807) is 13.3 Å². The molecular weight excluding hydrogens is 358 g/mol. The van der Waals surface area contributed by atoms with Gasteiger partial charge in [0.15, 0.2) is 5.11 Å². The summed E-state index contributed by atoms with van der Waals surface area (Å²) in [7, 11) is 1.70. The Bertz CT molecular complexity index is 899. The summed E-state index contributed by atoms with van der Waals surface area (Å²) >= 11 is 5.65. The number of thiocarbonyl (C=S) groups is 1. The maximum Gasteiger partial charge on any atom is 0.170 e. The zero-order valence-electron chi connectivity index (χ0n) is 15.0. The molecule has 138 valence electrons. The molecule has 1 aliphatic heterocycles. The topological polar surface area (TPSA) is 55.2 Å². The Kier molecular flexibility index (Phi) is 5.13. The fourth-order valence-electron chi connectivity index (χ4n) is 3.50. The molecule has 1 aliphatic rings. The lowest BCUT2D eigenvalue weighted by atomic mass is 10.0. The van der Waals surface area contributed by atoms with Gasteiger partial charge in [0.2, 0.25) is 0 Å². The van der Waals surface area contributed by atoms with Gasteiger partial charge >= 0.3 is 0 Å². The molecule has 3 aromatic rings. The van der Waals surface area contributed by atoms with Gasteiger partial charge in [-0.15, -0.1) is 0 Å². The average Bonchev–Trinajstić information content (AvgIpc) is 3.32. The maximum absolute atomic E-state index is 5.65. The summed E-state index contributed by atoms with van der Waals surface area (Å²) in [6.07, 6.45) is 5.64. The first-order chi connectivity index (χ1) is 13.3. The molecule has 4 heterocycles. The third-order valence-electron chi connectivity index (χ3n) is 4.71. The molecule has 0 bridgehead atoms. The highest BCUT2D eigenvalue weighted by molar-refractivity contribution is 7.80. The van der Waals surface area contributed by atoms with Gasteiger partial charge in [-0.3, -0.25) is 4.98 Å². The van der Waals surface area contributed by atoms with E-state index in [4.69, 9.17) is 17.0 Å². The summed E-state index contributed by atoms with van der Waals surface area (Å²) < 4.78 is 7.42. The van der Waals surface area contributed by atoms with Gasteiger partial charge in [-0.05, 0) is 48.6 Å². The van der Waals surface area contributed by atoms with E-state index in [-0.39, 0.29) is 12.1 Å². The number of rotatable bonds is 6. The fraction of sp³-hybridized carbons (Fsp3) is 0.250. The first-order valence-corrected chi connectivity index (χ1v) is 9.26. The third kappa shape index (κ3) is 3.43. The minimum absolute atomic E-state index is 0.0143. The van der Waals surface area contributed by atoms with Gasteiger partial charge < -0.3 is 19.5 Å². The van der Waals surface area contributed by atoms with E-state index in [0.717, 1.165) is 17.2 Å². The summed E-state index contributed by atoms with van der Waals surface area (Å²) in [5, 5.41) is 4.16. The van der Waals surface area contributed by atoms with Gasteiger partial charge in [0.25, 0.3) is 0 Å². The van der Waals surface area contributed by atoms with Crippen LogP contribution >= 0.6 is 12.2 Å². The number of pyridine rings is 2. The van der Waals surface area contributed by atoms with Crippen LogP contribution in [0.2, 0.25) is 0 Å². The molecule has 3 aromatic heterocycles. The van der Waals surface area contributed by atoms with Crippen LogP contribution in [0, 0.1) is 0 Å². The van der Waals surface area contributed by atoms with Crippen LogP contribution in [-0.4, -0.2) is 44.8 Å². The summed E-state index contributed by atoms with van der Waals surface area (Å²) in [5.41, 5.74) is 2.06. The minimum atomic E-state index is -0.0482. The smallest absolute Gasteiger partial charge is 0.170 e. The van der Waals surface area contributed by atoms with Crippen LogP contribution in [0.25, 0.3) is 5.82 Å². The SMILES string of the molecule is COCCN1C(=S)NC(c2ccccn2)C1c1cccn1-c1ccccn1. The van der Waals surface area contributed by atoms with Crippen molar-refractivity contribution >= 4 is 17.3 Å². The molecule has 4 rings (SSSR count). The zero-order chi connectivity index (χ0) is 18.6. The van der Waals surface area contributed by atoms with Crippen molar-refractivity contribution in [3.8, 4) is 5.82 Å². The molecule has 0 amide bonds. The lowest BCUT2D eigenvalue weighted by molar-refractivity contribution is 0.163. The highest BCUT2D eigenvalue weighted by atomic mass is 32.1. The summed E-state index contributed by atoms with van der Waals surface area (Å²) in [4.78, 5) is 11.2. The van der Waals surface area contributed by atoms with Gasteiger partial charge in [0.05, 0.1) is 24.4 Å². The highest BCUT2D eigenvalue weighted by Gasteiger charge is 2.41. The molecule has 0 radical (unpaired) electrons. The van der Waals surface area contributed by atoms with Crippen molar-refractivity contribution in [3.05, 3.63) is 78.5 Å². The monoisotopic (exact) mass is 379 g/mol. The van der Waals surface area contributed by atoms with Crippen molar-refractivity contribution in [1.82, 2.24) is 24.8 Å². The van der Waals surface area contributed by atoms with Crippen molar-refractivity contribution in [2.45, 2.75) is 12.1 Å². The van der Waals surface area contributed by atoms with Gasteiger partial charge in [-0.1, -0.05) is 12.1 Å². The predicted molar refractivity (Wildman–Crippen MR) is 108 cm³/mol. The molecule has 1 saturated heterocycles. The van der Waals surface area contributed by atoms with Crippen LogP contribution in [0.15, 0.2) is 67.1 Å². The number of nitrogens with zero attached hydrogens (tertiary/aromatic N) is 4. The molecule has 0 saturated carbocycles. The largest absolute Gasteiger partial charge is 0.383 e. The second-order valence-corrected chi connectivity index (χ2v) is 6.69. The highest BCUT2D eigenvalue weighted by Crippen LogP contribution is 2.39. The molecule has 27 heavy (non-hydrogen) atoms. The van der Waals surface area contributed by atoms with Crippen molar-refractivity contribution in [2.75, 3.05) is 20.3 Å². The molecule has 0 aliphatic carbocycles. The van der Waals surface area contributed by atoms with Gasteiger partial charge in [-0.25, -0.2) is 4.98 Å². The van der Waals surface area contributed by atoms with E-state index in [2.05, 4.69) is 30.8 Å². The van der Waals surface area contributed by atoms with E-state index in [1.165, 1.54) is 0 Å². The molecule has 0 aromatic carbocycles. The van der Waals surface area contributed by atoms with Gasteiger partial charge in [0.1, 0.15) is 5.82 Å². The van der Waals surface area contributed by atoms with E-state index >= 15 is 0 Å². The summed E-state index contributed by atoms with van der Waals surface area (Å²) in [5.74, 6) is 0.877. The zero-order valence-corrected chi connectivity index (χ0v) is 15.8. The quantitative estimate of drug-likeness (QED) is 0.665. The lowest BCUT2D eigenvalue weighted by Crippen LogP contribution is -2.33. The molecule has 2 unspecified atom stereocenters. The summed E-state index contributed by atoms with van der Waals surface area (Å²) in [6.45, 7) is 1.29. The van der Waals surface area contributed by atoms with Crippen LogP contribution in [0.4, 0.5) is 0 Å². The van der Waals surface area contributed by atoms with Crippen LogP contribution in [0.3, 0.4) is 0 Å². The Morgan fingerprint density at radius 3 is 2.59 bits per heavy atom. The minimum Gasteiger partial charge on any atom is -0.383 e. The predicted octanol–water partition coefficient (Wildman–Crippen LogP) is 2.89. The first-order valence-electron chi connectivity index (χ1n) is 8.85. The van der Waals surface area contributed by atoms with E-state index in [1.807, 2.05) is 54.9 Å². The first kappa shape index (κ1) is 17.6. The Labute approximate surface area is 163 Å². The van der Waals surface area contributed by atoms with Crippen molar-refractivity contribution < 1.29 is 4.74 Å². The van der Waals surface area contributed by atoms with Gasteiger partial charge in [-0.2, -0.15) is 0 Å². The molecule has 6 nitrogen and oxygen atoms in total. The molecule has 1 N–H and O–H groups in total. The van der Waals surface area contributed by atoms with E-state index in [0.29, 0.717) is 18.3 Å².